The molecule has 0 bridgehead atoms. The van der Waals surface area contributed by atoms with Gasteiger partial charge in [0.05, 0.1) is 6.54 Å². The second kappa shape index (κ2) is 7.42. The van der Waals surface area contributed by atoms with Crippen LogP contribution < -0.4 is 10.0 Å². The highest BCUT2D eigenvalue weighted by molar-refractivity contribution is 7.89. The van der Waals surface area contributed by atoms with Crippen LogP contribution in [0.15, 0.2) is 21.6 Å². The highest BCUT2D eigenvalue weighted by atomic mass is 32.2. The molecule has 1 aliphatic carbocycles. The molecule has 120 valence electrons. The highest BCUT2D eigenvalue weighted by Gasteiger charge is 2.27. The summed E-state index contributed by atoms with van der Waals surface area (Å²) in [5, 5.41) is 3.14. The molecule has 0 spiro atoms. The van der Waals surface area contributed by atoms with Gasteiger partial charge in [0.15, 0.2) is 0 Å². The van der Waals surface area contributed by atoms with Crippen molar-refractivity contribution in [3.63, 3.8) is 0 Å². The summed E-state index contributed by atoms with van der Waals surface area (Å²) in [6, 6.07) is 3.29. The molecule has 0 saturated heterocycles. The Morgan fingerprint density at radius 3 is 2.81 bits per heavy atom. The van der Waals surface area contributed by atoms with Gasteiger partial charge in [0, 0.05) is 6.04 Å². The smallest absolute Gasteiger partial charge is 0.274 e. The maximum Gasteiger partial charge on any atom is 0.274 e. The first kappa shape index (κ1) is 16.5. The van der Waals surface area contributed by atoms with E-state index in [0.29, 0.717) is 18.2 Å². The second-order valence-electron chi connectivity index (χ2n) is 5.76. The standard InChI is InChI=1S/C15H26N2O3S/c1-3-12-6-5-7-13(10-12)17-21(18,19)15-9-8-14(20-15)11-16-4-2/h8-9,12-13,16-17H,3-7,10-11H2,1-2H3. The van der Waals surface area contributed by atoms with Gasteiger partial charge < -0.3 is 9.73 Å². The first-order valence-electron chi connectivity index (χ1n) is 7.87. The van der Waals surface area contributed by atoms with Gasteiger partial charge in [-0.1, -0.05) is 33.1 Å². The Labute approximate surface area is 127 Å². The molecule has 0 aromatic carbocycles. The molecular weight excluding hydrogens is 288 g/mol. The van der Waals surface area contributed by atoms with E-state index in [-0.39, 0.29) is 11.1 Å². The molecule has 0 aliphatic heterocycles. The summed E-state index contributed by atoms with van der Waals surface area (Å²) in [4.78, 5) is 0. The van der Waals surface area contributed by atoms with Crippen LogP contribution in [0.2, 0.25) is 0 Å². The van der Waals surface area contributed by atoms with Crippen LogP contribution in [-0.2, 0) is 16.6 Å². The van der Waals surface area contributed by atoms with Crippen LogP contribution in [0, 0.1) is 5.92 Å². The summed E-state index contributed by atoms with van der Waals surface area (Å²) in [6.45, 7) is 5.53. The van der Waals surface area contributed by atoms with Gasteiger partial charge in [0.25, 0.3) is 10.0 Å². The first-order chi connectivity index (χ1) is 10.0. The minimum Gasteiger partial charge on any atom is -0.447 e. The molecule has 2 atom stereocenters. The van der Waals surface area contributed by atoms with Crippen LogP contribution in [0.5, 0.6) is 0 Å². The highest BCUT2D eigenvalue weighted by Crippen LogP contribution is 2.27. The molecule has 0 amide bonds. The van der Waals surface area contributed by atoms with Gasteiger partial charge in [0.1, 0.15) is 5.76 Å². The molecule has 2 rings (SSSR count). The number of rotatable bonds is 7. The number of hydrogen-bond donors (Lipinski definition) is 2. The third-order valence-electron chi connectivity index (χ3n) is 4.13. The Balaban J connectivity index is 1.99. The lowest BCUT2D eigenvalue weighted by molar-refractivity contribution is 0.299. The predicted molar refractivity (Wildman–Crippen MR) is 82.4 cm³/mol. The summed E-state index contributed by atoms with van der Waals surface area (Å²) in [7, 11) is -3.54. The van der Waals surface area contributed by atoms with Crippen molar-refractivity contribution in [2.45, 2.75) is 63.6 Å². The van der Waals surface area contributed by atoms with Crippen molar-refractivity contribution in [1.29, 1.82) is 0 Å². The Hall–Kier alpha value is -0.850. The first-order valence-corrected chi connectivity index (χ1v) is 9.35. The molecule has 1 aromatic rings. The van der Waals surface area contributed by atoms with E-state index in [9.17, 15) is 8.42 Å². The predicted octanol–water partition coefficient (Wildman–Crippen LogP) is 2.64. The molecule has 1 aliphatic rings. The Kier molecular flexibility index (Phi) is 5.84. The van der Waals surface area contributed by atoms with Crippen LogP contribution in [0.4, 0.5) is 0 Å². The van der Waals surface area contributed by atoms with Gasteiger partial charge in [-0.3, -0.25) is 0 Å². The third-order valence-corrected chi connectivity index (χ3v) is 5.53. The summed E-state index contributed by atoms with van der Waals surface area (Å²) < 4.78 is 33.0. The lowest BCUT2D eigenvalue weighted by Crippen LogP contribution is -2.38. The van der Waals surface area contributed by atoms with Crippen LogP contribution in [-0.4, -0.2) is 21.0 Å². The van der Waals surface area contributed by atoms with E-state index in [2.05, 4.69) is 17.0 Å². The maximum absolute atomic E-state index is 12.4. The molecule has 2 N–H and O–H groups in total. The Morgan fingerprint density at radius 2 is 2.10 bits per heavy atom. The summed E-state index contributed by atoms with van der Waals surface area (Å²) in [5.74, 6) is 1.28. The molecule has 2 unspecified atom stereocenters. The van der Waals surface area contributed by atoms with Crippen molar-refractivity contribution >= 4 is 10.0 Å². The monoisotopic (exact) mass is 314 g/mol. The Morgan fingerprint density at radius 1 is 1.29 bits per heavy atom. The molecular formula is C15H26N2O3S. The van der Waals surface area contributed by atoms with E-state index in [0.717, 1.165) is 32.2 Å². The molecule has 1 heterocycles. The average Bonchev–Trinajstić information content (AvgIpc) is 2.94. The second-order valence-corrected chi connectivity index (χ2v) is 7.41. The van der Waals surface area contributed by atoms with Gasteiger partial charge in [-0.05, 0) is 37.4 Å². The SMILES string of the molecule is CCNCc1ccc(S(=O)(=O)NC2CCCC(CC)C2)o1. The zero-order valence-corrected chi connectivity index (χ0v) is 13.7. The van der Waals surface area contributed by atoms with E-state index in [4.69, 9.17) is 4.42 Å². The molecule has 0 radical (unpaired) electrons. The molecule has 1 saturated carbocycles. The van der Waals surface area contributed by atoms with Crippen molar-refractivity contribution in [2.75, 3.05) is 6.54 Å². The van der Waals surface area contributed by atoms with Crippen LogP contribution in [0.1, 0.15) is 51.7 Å². The number of furan rings is 1. The minimum atomic E-state index is -3.54. The molecule has 1 aromatic heterocycles. The molecule has 6 heteroatoms. The van der Waals surface area contributed by atoms with E-state index in [1.165, 1.54) is 12.5 Å². The normalized spacial score (nSPS) is 23.3. The fourth-order valence-corrected chi connectivity index (χ4v) is 4.13. The number of nitrogens with one attached hydrogen (secondary N) is 2. The van der Waals surface area contributed by atoms with Gasteiger partial charge in [0.2, 0.25) is 5.09 Å². The van der Waals surface area contributed by atoms with Crippen molar-refractivity contribution in [3.05, 3.63) is 17.9 Å². The lowest BCUT2D eigenvalue weighted by Gasteiger charge is -2.28. The van der Waals surface area contributed by atoms with E-state index >= 15 is 0 Å². The lowest BCUT2D eigenvalue weighted by atomic mass is 9.85. The van der Waals surface area contributed by atoms with Crippen molar-refractivity contribution in [3.8, 4) is 0 Å². The quantitative estimate of drug-likeness (QED) is 0.811. The summed E-state index contributed by atoms with van der Waals surface area (Å²) in [5.41, 5.74) is 0. The summed E-state index contributed by atoms with van der Waals surface area (Å²) >= 11 is 0. The van der Waals surface area contributed by atoms with Crippen molar-refractivity contribution in [1.82, 2.24) is 10.0 Å². The number of sulfonamides is 1. The van der Waals surface area contributed by atoms with Crippen LogP contribution >= 0.6 is 0 Å². The van der Waals surface area contributed by atoms with Gasteiger partial charge >= 0.3 is 0 Å². The third kappa shape index (κ3) is 4.56. The van der Waals surface area contributed by atoms with E-state index < -0.39 is 10.0 Å². The van der Waals surface area contributed by atoms with Gasteiger partial charge in [-0.15, -0.1) is 0 Å². The Bertz CT molecular complexity index is 539. The molecule has 5 nitrogen and oxygen atoms in total. The molecule has 21 heavy (non-hydrogen) atoms. The zero-order valence-electron chi connectivity index (χ0n) is 12.9. The fourth-order valence-electron chi connectivity index (χ4n) is 2.89. The number of hydrogen-bond acceptors (Lipinski definition) is 4. The maximum atomic E-state index is 12.4. The largest absolute Gasteiger partial charge is 0.447 e. The topological polar surface area (TPSA) is 71.3 Å². The van der Waals surface area contributed by atoms with Gasteiger partial charge in [-0.2, -0.15) is 0 Å². The minimum absolute atomic E-state index is 0.0222. The van der Waals surface area contributed by atoms with Crippen LogP contribution in [0.3, 0.4) is 0 Å². The van der Waals surface area contributed by atoms with Crippen LogP contribution in [0.25, 0.3) is 0 Å². The van der Waals surface area contributed by atoms with Gasteiger partial charge in [-0.25, -0.2) is 13.1 Å². The van der Waals surface area contributed by atoms with Crippen molar-refractivity contribution < 1.29 is 12.8 Å². The fraction of sp³-hybridized carbons (Fsp3) is 0.733. The van der Waals surface area contributed by atoms with Crippen molar-refractivity contribution in [2.24, 2.45) is 5.92 Å². The average molecular weight is 314 g/mol. The van der Waals surface area contributed by atoms with E-state index in [1.54, 1.807) is 6.07 Å². The summed E-state index contributed by atoms with van der Waals surface area (Å²) in [6.07, 6.45) is 5.27. The molecule has 1 fully saturated rings. The zero-order chi connectivity index (χ0) is 15.3. The van der Waals surface area contributed by atoms with E-state index in [1.807, 2.05) is 6.92 Å².